The first kappa shape index (κ1) is 15.6. The Labute approximate surface area is 115 Å². The third kappa shape index (κ3) is 5.35. The number of aliphatic carboxylic acids is 1. The molecule has 0 amide bonds. The summed E-state index contributed by atoms with van der Waals surface area (Å²) >= 11 is 1.12. The molecule has 1 heterocycles. The fourth-order valence-electron chi connectivity index (χ4n) is 1.73. The molecule has 1 N–H and O–H groups in total. The van der Waals surface area contributed by atoms with Crippen LogP contribution in [0.15, 0.2) is 11.4 Å². The smallest absolute Gasteiger partial charge is 0.324 e. The van der Waals surface area contributed by atoms with Crippen LogP contribution < -0.4 is 0 Å². The first-order chi connectivity index (χ1) is 8.90. The molecule has 19 heavy (non-hydrogen) atoms. The highest BCUT2D eigenvalue weighted by Gasteiger charge is 2.15. The van der Waals surface area contributed by atoms with Crippen LogP contribution in [0.25, 0.3) is 0 Å². The Balaban J connectivity index is 2.56. The van der Waals surface area contributed by atoms with Gasteiger partial charge in [0.2, 0.25) is 0 Å². The number of thiophene rings is 1. The minimum Gasteiger partial charge on any atom is -0.481 e. The molecular weight excluding hydrogens is 268 g/mol. The third-order valence-electron chi connectivity index (χ3n) is 2.77. The molecule has 0 aromatic carbocycles. The van der Waals surface area contributed by atoms with Crippen molar-refractivity contribution in [2.75, 3.05) is 6.54 Å². The maximum Gasteiger partial charge on any atom is 0.324 e. The number of carboxylic acid groups (broad SMARTS) is 1. The van der Waals surface area contributed by atoms with E-state index in [9.17, 15) is 14.9 Å². The van der Waals surface area contributed by atoms with Gasteiger partial charge in [-0.3, -0.25) is 19.8 Å². The molecule has 6 nitrogen and oxygen atoms in total. The van der Waals surface area contributed by atoms with Gasteiger partial charge in [0.25, 0.3) is 0 Å². The van der Waals surface area contributed by atoms with Crippen LogP contribution in [-0.2, 0) is 11.3 Å². The normalized spacial score (nSPS) is 11.2. The lowest BCUT2D eigenvalue weighted by Crippen LogP contribution is -2.31. The molecule has 0 radical (unpaired) electrons. The van der Waals surface area contributed by atoms with Crippen LogP contribution in [0.3, 0.4) is 0 Å². The summed E-state index contributed by atoms with van der Waals surface area (Å²) in [5.41, 5.74) is 0.903. The molecule has 1 aromatic heterocycles. The highest BCUT2D eigenvalue weighted by atomic mass is 32.1. The molecule has 0 aliphatic heterocycles. The SMILES string of the molecule is CC(C)N(CCCC(=O)O)Cc1csc([N+](=O)[O-])c1. The van der Waals surface area contributed by atoms with Crippen LogP contribution in [0.2, 0.25) is 0 Å². The number of carbonyl (C=O) groups is 1. The van der Waals surface area contributed by atoms with E-state index in [0.717, 1.165) is 16.9 Å². The van der Waals surface area contributed by atoms with Crippen molar-refractivity contribution in [3.8, 4) is 0 Å². The second kappa shape index (κ2) is 7.20. The number of nitro groups is 1. The summed E-state index contributed by atoms with van der Waals surface area (Å²) in [5, 5.41) is 21.2. The van der Waals surface area contributed by atoms with Crippen molar-refractivity contribution in [1.82, 2.24) is 4.90 Å². The highest BCUT2D eigenvalue weighted by Crippen LogP contribution is 2.24. The molecule has 1 rings (SSSR count). The quantitative estimate of drug-likeness (QED) is 0.586. The van der Waals surface area contributed by atoms with E-state index in [0.29, 0.717) is 19.5 Å². The molecule has 0 aliphatic rings. The highest BCUT2D eigenvalue weighted by molar-refractivity contribution is 7.13. The lowest BCUT2D eigenvalue weighted by atomic mass is 10.2. The molecule has 0 bridgehead atoms. The standard InChI is InChI=1S/C12H18N2O4S/c1-9(2)13(5-3-4-12(15)16)7-10-6-11(14(17)18)19-8-10/h6,8-9H,3-5,7H2,1-2H3,(H,15,16). The van der Waals surface area contributed by atoms with Crippen molar-refractivity contribution in [1.29, 1.82) is 0 Å². The van der Waals surface area contributed by atoms with E-state index >= 15 is 0 Å². The molecular formula is C12H18N2O4S. The van der Waals surface area contributed by atoms with Crippen LogP contribution in [0.5, 0.6) is 0 Å². The van der Waals surface area contributed by atoms with Crippen LogP contribution >= 0.6 is 11.3 Å². The number of hydrogen-bond acceptors (Lipinski definition) is 5. The summed E-state index contributed by atoms with van der Waals surface area (Å²) in [5.74, 6) is -0.796. The van der Waals surface area contributed by atoms with Crippen LogP contribution in [-0.4, -0.2) is 33.5 Å². The molecule has 1 aromatic rings. The summed E-state index contributed by atoms with van der Waals surface area (Å²) in [6.45, 7) is 5.35. The summed E-state index contributed by atoms with van der Waals surface area (Å²) in [6, 6.07) is 1.85. The zero-order valence-electron chi connectivity index (χ0n) is 11.0. The van der Waals surface area contributed by atoms with Crippen molar-refractivity contribution in [2.45, 2.75) is 39.3 Å². The minimum atomic E-state index is -0.796. The molecule has 0 atom stereocenters. The molecule has 0 aliphatic carbocycles. The second-order valence-electron chi connectivity index (χ2n) is 4.61. The molecule has 0 spiro atoms. The van der Waals surface area contributed by atoms with Crippen LogP contribution in [0, 0.1) is 10.1 Å². The topological polar surface area (TPSA) is 83.7 Å². The van der Waals surface area contributed by atoms with Gasteiger partial charge in [-0.2, -0.15) is 0 Å². The Morgan fingerprint density at radius 3 is 2.74 bits per heavy atom. The van der Waals surface area contributed by atoms with E-state index in [4.69, 9.17) is 5.11 Å². The fourth-order valence-corrected chi connectivity index (χ4v) is 2.45. The van der Waals surface area contributed by atoms with E-state index in [1.165, 1.54) is 0 Å². The Morgan fingerprint density at radius 2 is 2.26 bits per heavy atom. The maximum absolute atomic E-state index is 10.6. The van der Waals surface area contributed by atoms with Gasteiger partial charge in [0.1, 0.15) is 0 Å². The minimum absolute atomic E-state index is 0.143. The first-order valence-electron chi connectivity index (χ1n) is 6.07. The molecule has 7 heteroatoms. The zero-order valence-corrected chi connectivity index (χ0v) is 11.9. The van der Waals surface area contributed by atoms with Gasteiger partial charge < -0.3 is 5.11 Å². The monoisotopic (exact) mass is 286 g/mol. The van der Waals surface area contributed by atoms with Crippen molar-refractivity contribution in [3.63, 3.8) is 0 Å². The molecule has 0 unspecified atom stereocenters. The van der Waals surface area contributed by atoms with E-state index in [-0.39, 0.29) is 17.5 Å². The van der Waals surface area contributed by atoms with Gasteiger partial charge in [0.15, 0.2) is 0 Å². The van der Waals surface area contributed by atoms with E-state index in [1.54, 1.807) is 11.4 Å². The fraction of sp³-hybridized carbons (Fsp3) is 0.583. The number of carboxylic acids is 1. The van der Waals surface area contributed by atoms with Crippen LogP contribution in [0.1, 0.15) is 32.3 Å². The zero-order chi connectivity index (χ0) is 14.4. The van der Waals surface area contributed by atoms with Gasteiger partial charge in [-0.1, -0.05) is 11.3 Å². The Kier molecular flexibility index (Phi) is 5.91. The predicted octanol–water partition coefficient (Wildman–Crippen LogP) is 2.73. The van der Waals surface area contributed by atoms with Crippen LogP contribution in [0.4, 0.5) is 5.00 Å². The van der Waals surface area contributed by atoms with Crippen molar-refractivity contribution in [2.24, 2.45) is 0 Å². The summed E-state index contributed by atoms with van der Waals surface area (Å²) < 4.78 is 0. The summed E-state index contributed by atoms with van der Waals surface area (Å²) in [4.78, 5) is 22.8. The van der Waals surface area contributed by atoms with Crippen molar-refractivity contribution in [3.05, 3.63) is 27.1 Å². The Bertz CT molecular complexity index is 445. The van der Waals surface area contributed by atoms with E-state index < -0.39 is 10.9 Å². The van der Waals surface area contributed by atoms with Gasteiger partial charge in [-0.05, 0) is 32.4 Å². The third-order valence-corrected chi connectivity index (χ3v) is 3.70. The summed E-state index contributed by atoms with van der Waals surface area (Å²) in [6.07, 6.45) is 0.729. The Morgan fingerprint density at radius 1 is 1.58 bits per heavy atom. The van der Waals surface area contributed by atoms with Gasteiger partial charge in [-0.15, -0.1) is 0 Å². The first-order valence-corrected chi connectivity index (χ1v) is 6.95. The molecule has 0 saturated carbocycles. The lowest BCUT2D eigenvalue weighted by molar-refractivity contribution is -0.380. The number of nitrogens with zero attached hydrogens (tertiary/aromatic N) is 2. The average molecular weight is 286 g/mol. The van der Waals surface area contributed by atoms with Crippen molar-refractivity contribution < 1.29 is 14.8 Å². The van der Waals surface area contributed by atoms with Gasteiger partial charge in [-0.25, -0.2) is 0 Å². The van der Waals surface area contributed by atoms with Gasteiger partial charge in [0, 0.05) is 30.5 Å². The van der Waals surface area contributed by atoms with E-state index in [2.05, 4.69) is 4.90 Å². The lowest BCUT2D eigenvalue weighted by Gasteiger charge is -2.25. The second-order valence-corrected chi connectivity index (χ2v) is 5.50. The molecule has 0 fully saturated rings. The predicted molar refractivity (Wildman–Crippen MR) is 73.4 cm³/mol. The maximum atomic E-state index is 10.6. The van der Waals surface area contributed by atoms with Gasteiger partial charge >= 0.3 is 11.0 Å². The Hall–Kier alpha value is -1.47. The summed E-state index contributed by atoms with van der Waals surface area (Å²) in [7, 11) is 0. The number of hydrogen-bond donors (Lipinski definition) is 1. The number of rotatable bonds is 8. The molecule has 106 valence electrons. The van der Waals surface area contributed by atoms with Gasteiger partial charge in [0.05, 0.1) is 4.92 Å². The largest absolute Gasteiger partial charge is 0.481 e. The average Bonchev–Trinajstić information content (AvgIpc) is 2.75. The van der Waals surface area contributed by atoms with Crippen molar-refractivity contribution >= 4 is 22.3 Å². The molecule has 0 saturated heterocycles. The van der Waals surface area contributed by atoms with E-state index in [1.807, 2.05) is 13.8 Å².